The maximum absolute atomic E-state index is 10.1. The predicted molar refractivity (Wildman–Crippen MR) is 43.7 cm³/mol. The largest absolute Gasteiger partial charge is 0.478 e. The molecular weight excluding hydrogens is 180 g/mol. The van der Waals surface area contributed by atoms with Crippen LogP contribution in [0.4, 0.5) is 0 Å². The van der Waals surface area contributed by atoms with Gasteiger partial charge in [-0.25, -0.2) is 14.8 Å². The van der Waals surface area contributed by atoms with Crippen molar-refractivity contribution in [3.63, 3.8) is 0 Å². The van der Waals surface area contributed by atoms with E-state index in [4.69, 9.17) is 16.7 Å². The normalized spacial score (nSPS) is 10.4. The van der Waals surface area contributed by atoms with Crippen LogP contribution >= 0.6 is 11.6 Å². The molecule has 1 heterocycles. The maximum Gasteiger partial charge on any atom is 0.328 e. The number of carboxylic acids is 1. The van der Waals surface area contributed by atoms with E-state index in [-0.39, 0.29) is 5.28 Å². The molecule has 0 spiro atoms. The first-order valence-corrected chi connectivity index (χ1v) is 3.45. The Bertz CT molecular complexity index is 308. The molecule has 0 saturated heterocycles. The standard InChI is InChI=1S/C7H5ClN2O2/c8-7-9-3-5(4-10-7)1-2-6(11)12/h1-4H,(H,11,12). The zero-order valence-electron chi connectivity index (χ0n) is 5.94. The quantitative estimate of drug-likeness (QED) is 0.555. The molecule has 12 heavy (non-hydrogen) atoms. The number of aromatic nitrogens is 2. The Morgan fingerprint density at radius 3 is 2.58 bits per heavy atom. The summed E-state index contributed by atoms with van der Waals surface area (Å²) in [4.78, 5) is 17.4. The van der Waals surface area contributed by atoms with Gasteiger partial charge in [0.2, 0.25) is 5.28 Å². The highest BCUT2D eigenvalue weighted by Gasteiger charge is 1.91. The first-order chi connectivity index (χ1) is 5.68. The Kier molecular flexibility index (Phi) is 2.76. The van der Waals surface area contributed by atoms with Gasteiger partial charge in [-0.2, -0.15) is 0 Å². The summed E-state index contributed by atoms with van der Waals surface area (Å²) in [5.74, 6) is -1.01. The minimum Gasteiger partial charge on any atom is -0.478 e. The summed E-state index contributed by atoms with van der Waals surface area (Å²) in [7, 11) is 0. The van der Waals surface area contributed by atoms with E-state index in [0.29, 0.717) is 5.56 Å². The van der Waals surface area contributed by atoms with Gasteiger partial charge >= 0.3 is 5.97 Å². The first-order valence-electron chi connectivity index (χ1n) is 3.07. The molecule has 1 aromatic rings. The van der Waals surface area contributed by atoms with Gasteiger partial charge in [0.15, 0.2) is 0 Å². The second kappa shape index (κ2) is 3.82. The van der Waals surface area contributed by atoms with Crippen molar-refractivity contribution in [3.05, 3.63) is 29.3 Å². The number of carbonyl (C=O) groups is 1. The van der Waals surface area contributed by atoms with Gasteiger partial charge in [-0.05, 0) is 17.7 Å². The molecule has 0 radical (unpaired) electrons. The van der Waals surface area contributed by atoms with E-state index in [2.05, 4.69) is 9.97 Å². The molecule has 1 N–H and O–H groups in total. The zero-order valence-corrected chi connectivity index (χ0v) is 6.69. The van der Waals surface area contributed by atoms with Crippen LogP contribution in [0, 0.1) is 0 Å². The molecule has 0 aliphatic rings. The SMILES string of the molecule is O=C(O)C=Cc1cnc(Cl)nc1. The fourth-order valence-corrected chi connectivity index (χ4v) is 0.673. The van der Waals surface area contributed by atoms with E-state index in [9.17, 15) is 4.79 Å². The third-order valence-electron chi connectivity index (χ3n) is 1.06. The number of hydrogen-bond donors (Lipinski definition) is 1. The average Bonchev–Trinajstić information content (AvgIpc) is 2.03. The predicted octanol–water partition coefficient (Wildman–Crippen LogP) is 1.23. The number of rotatable bonds is 2. The summed E-state index contributed by atoms with van der Waals surface area (Å²) in [5, 5.41) is 8.42. The smallest absolute Gasteiger partial charge is 0.328 e. The van der Waals surface area contributed by atoms with Gasteiger partial charge < -0.3 is 5.11 Å². The van der Waals surface area contributed by atoms with Gasteiger partial charge in [0, 0.05) is 24.0 Å². The van der Waals surface area contributed by atoms with Crippen molar-refractivity contribution in [2.45, 2.75) is 0 Å². The molecule has 0 fully saturated rings. The fourth-order valence-electron chi connectivity index (χ4n) is 0.576. The topological polar surface area (TPSA) is 63.1 Å². The second-order valence-electron chi connectivity index (χ2n) is 1.96. The molecule has 0 saturated carbocycles. The highest BCUT2D eigenvalue weighted by atomic mass is 35.5. The summed E-state index contributed by atoms with van der Waals surface area (Å²) in [6.07, 6.45) is 5.27. The van der Waals surface area contributed by atoms with Crippen LogP contribution in [0.25, 0.3) is 6.08 Å². The molecule has 62 valence electrons. The van der Waals surface area contributed by atoms with Gasteiger partial charge in [-0.3, -0.25) is 0 Å². The molecule has 0 aromatic carbocycles. The molecule has 4 nitrogen and oxygen atoms in total. The van der Waals surface area contributed by atoms with Crippen LogP contribution in [-0.4, -0.2) is 21.0 Å². The molecule has 0 unspecified atom stereocenters. The van der Waals surface area contributed by atoms with E-state index in [1.54, 1.807) is 0 Å². The highest BCUT2D eigenvalue weighted by Crippen LogP contribution is 2.01. The molecule has 1 aromatic heterocycles. The lowest BCUT2D eigenvalue weighted by atomic mass is 10.3. The molecule has 0 amide bonds. The van der Waals surface area contributed by atoms with Crippen molar-refractivity contribution in [1.29, 1.82) is 0 Å². The summed E-state index contributed by atoms with van der Waals surface area (Å²) in [6.45, 7) is 0. The highest BCUT2D eigenvalue weighted by molar-refractivity contribution is 6.28. The van der Waals surface area contributed by atoms with Crippen molar-refractivity contribution >= 4 is 23.6 Å². The van der Waals surface area contributed by atoms with E-state index < -0.39 is 5.97 Å². The van der Waals surface area contributed by atoms with E-state index in [1.807, 2.05) is 0 Å². The minimum atomic E-state index is -1.01. The van der Waals surface area contributed by atoms with Crippen molar-refractivity contribution in [2.24, 2.45) is 0 Å². The number of carboxylic acid groups (broad SMARTS) is 1. The van der Waals surface area contributed by atoms with Gasteiger partial charge in [0.1, 0.15) is 0 Å². The molecule has 5 heteroatoms. The van der Waals surface area contributed by atoms with Crippen LogP contribution in [0.3, 0.4) is 0 Å². The summed E-state index contributed by atoms with van der Waals surface area (Å²) >= 11 is 5.41. The van der Waals surface area contributed by atoms with Crippen molar-refractivity contribution in [3.8, 4) is 0 Å². The number of nitrogens with zero attached hydrogens (tertiary/aromatic N) is 2. The Morgan fingerprint density at radius 1 is 1.50 bits per heavy atom. The van der Waals surface area contributed by atoms with Crippen LogP contribution < -0.4 is 0 Å². The molecule has 0 atom stereocenters. The molecule has 0 aliphatic carbocycles. The summed E-state index contributed by atoms with van der Waals surface area (Å²) < 4.78 is 0. The average molecular weight is 185 g/mol. The second-order valence-corrected chi connectivity index (χ2v) is 2.30. The molecule has 0 aliphatic heterocycles. The third-order valence-corrected chi connectivity index (χ3v) is 1.25. The van der Waals surface area contributed by atoms with Crippen LogP contribution in [0.2, 0.25) is 5.28 Å². The van der Waals surface area contributed by atoms with Crippen molar-refractivity contribution < 1.29 is 9.90 Å². The van der Waals surface area contributed by atoms with Gasteiger partial charge in [-0.15, -0.1) is 0 Å². The van der Waals surface area contributed by atoms with E-state index in [1.165, 1.54) is 18.5 Å². The number of halogens is 1. The molecule has 0 bridgehead atoms. The number of aliphatic carboxylic acids is 1. The zero-order chi connectivity index (χ0) is 8.97. The third kappa shape index (κ3) is 2.67. The lowest BCUT2D eigenvalue weighted by molar-refractivity contribution is -0.131. The lowest BCUT2D eigenvalue weighted by Gasteiger charge is -1.89. The Morgan fingerprint density at radius 2 is 2.08 bits per heavy atom. The molecule has 1 rings (SSSR count). The van der Waals surface area contributed by atoms with Crippen molar-refractivity contribution in [1.82, 2.24) is 9.97 Å². The van der Waals surface area contributed by atoms with Crippen molar-refractivity contribution in [2.75, 3.05) is 0 Å². The van der Waals surface area contributed by atoms with Gasteiger partial charge in [-0.1, -0.05) is 0 Å². The number of hydrogen-bond acceptors (Lipinski definition) is 3. The monoisotopic (exact) mass is 184 g/mol. The lowest BCUT2D eigenvalue weighted by Crippen LogP contribution is -1.87. The van der Waals surface area contributed by atoms with Crippen LogP contribution in [-0.2, 0) is 4.79 Å². The Hall–Kier alpha value is -1.42. The summed E-state index contributed by atoms with van der Waals surface area (Å²) in [6, 6.07) is 0. The van der Waals surface area contributed by atoms with Gasteiger partial charge in [0.25, 0.3) is 0 Å². The Labute approximate surface area is 73.5 Å². The van der Waals surface area contributed by atoms with Crippen LogP contribution in [0.5, 0.6) is 0 Å². The van der Waals surface area contributed by atoms with E-state index >= 15 is 0 Å². The Balaban J connectivity index is 2.77. The summed E-state index contributed by atoms with van der Waals surface area (Å²) in [5.41, 5.74) is 0.599. The van der Waals surface area contributed by atoms with Gasteiger partial charge in [0.05, 0.1) is 0 Å². The fraction of sp³-hybridized carbons (Fsp3) is 0. The van der Waals surface area contributed by atoms with E-state index in [0.717, 1.165) is 6.08 Å². The molecular formula is C7H5ClN2O2. The first kappa shape index (κ1) is 8.67. The maximum atomic E-state index is 10.1. The van der Waals surface area contributed by atoms with Crippen LogP contribution in [0.15, 0.2) is 18.5 Å². The minimum absolute atomic E-state index is 0.141. The van der Waals surface area contributed by atoms with Crippen LogP contribution in [0.1, 0.15) is 5.56 Å².